The predicted octanol–water partition coefficient (Wildman–Crippen LogP) is -1.58. The second-order valence-corrected chi connectivity index (χ2v) is 4.85. The van der Waals surface area contributed by atoms with E-state index in [1.54, 1.807) is 6.92 Å². The first-order chi connectivity index (χ1) is 8.11. The molecule has 0 aliphatic carbocycles. The van der Waals surface area contributed by atoms with Gasteiger partial charge in [-0.05, 0) is 36.0 Å². The molecule has 0 atom stereocenters. The second-order valence-electron chi connectivity index (χ2n) is 3.78. The number of benzene rings is 1. The minimum Gasteiger partial charge on any atom is -1.00 e. The van der Waals surface area contributed by atoms with E-state index in [0.717, 1.165) is 20.9 Å². The number of carbonyl (C=O) groups is 1. The minimum absolute atomic E-state index is 0. The molecule has 0 aliphatic heterocycles. The van der Waals surface area contributed by atoms with Crippen LogP contribution in [0.3, 0.4) is 0 Å². The van der Waals surface area contributed by atoms with Gasteiger partial charge in [-0.1, -0.05) is 6.07 Å². The van der Waals surface area contributed by atoms with Crippen molar-refractivity contribution in [3.8, 4) is 0 Å². The molecule has 4 nitrogen and oxygen atoms in total. The van der Waals surface area contributed by atoms with E-state index >= 15 is 0 Å². The molecule has 0 amide bonds. The SMILES string of the molecule is CCOC(=O)Cc1ccc2c(c1)sc(N)[n+]2C.[I-]. The largest absolute Gasteiger partial charge is 1.00 e. The van der Waals surface area contributed by atoms with Crippen LogP contribution in [0.15, 0.2) is 18.2 Å². The molecule has 0 unspecified atom stereocenters. The van der Waals surface area contributed by atoms with Crippen LogP contribution >= 0.6 is 11.3 Å². The molecule has 1 heterocycles. The number of thiazole rings is 1. The Bertz CT molecular complexity index is 568. The number of esters is 1. The summed E-state index contributed by atoms with van der Waals surface area (Å²) in [4.78, 5) is 11.4. The Labute approximate surface area is 127 Å². The highest BCUT2D eigenvalue weighted by atomic mass is 127. The fourth-order valence-corrected chi connectivity index (χ4v) is 2.69. The smallest absolute Gasteiger partial charge is 0.332 e. The van der Waals surface area contributed by atoms with Gasteiger partial charge in [0.15, 0.2) is 0 Å². The van der Waals surface area contributed by atoms with Crippen LogP contribution in [0.25, 0.3) is 10.2 Å². The van der Waals surface area contributed by atoms with Crippen molar-refractivity contribution in [2.45, 2.75) is 13.3 Å². The standard InChI is InChI=1S/C12H14N2O2S.HI/c1-3-16-11(15)7-8-4-5-9-10(6-8)17-12(13)14(9)2;/h4-6,13H,3,7H2,1-2H3;1H. The molecule has 0 saturated heterocycles. The van der Waals surface area contributed by atoms with Crippen molar-refractivity contribution in [1.29, 1.82) is 0 Å². The van der Waals surface area contributed by atoms with Crippen molar-refractivity contribution in [1.82, 2.24) is 0 Å². The molecule has 0 saturated carbocycles. The molecule has 0 bridgehead atoms. The van der Waals surface area contributed by atoms with Gasteiger partial charge in [-0.15, -0.1) is 0 Å². The van der Waals surface area contributed by atoms with Crippen molar-refractivity contribution in [2.75, 3.05) is 12.3 Å². The monoisotopic (exact) mass is 378 g/mol. The Morgan fingerprint density at radius 1 is 1.50 bits per heavy atom. The zero-order chi connectivity index (χ0) is 12.4. The summed E-state index contributed by atoms with van der Waals surface area (Å²) in [6, 6.07) is 5.91. The molecule has 1 aromatic carbocycles. The molecule has 0 fully saturated rings. The first-order valence-corrected chi connectivity index (χ1v) is 6.26. The van der Waals surface area contributed by atoms with Crippen LogP contribution in [0.5, 0.6) is 0 Å². The lowest BCUT2D eigenvalue weighted by Gasteiger charge is -2.01. The lowest BCUT2D eigenvalue weighted by Crippen LogP contribution is -3.00. The van der Waals surface area contributed by atoms with Gasteiger partial charge in [0, 0.05) is 0 Å². The fourth-order valence-electron chi connectivity index (χ4n) is 1.71. The van der Waals surface area contributed by atoms with Gasteiger partial charge in [0.1, 0.15) is 5.52 Å². The number of nitrogens with two attached hydrogens (primary N) is 1. The lowest BCUT2D eigenvalue weighted by molar-refractivity contribution is -0.626. The van der Waals surface area contributed by atoms with Crippen molar-refractivity contribution in [3.05, 3.63) is 23.8 Å². The third-order valence-corrected chi connectivity index (χ3v) is 3.61. The maximum Gasteiger partial charge on any atom is 0.332 e. The number of hydrogen-bond donors (Lipinski definition) is 1. The van der Waals surface area contributed by atoms with E-state index in [4.69, 9.17) is 10.5 Å². The summed E-state index contributed by atoms with van der Waals surface area (Å²) in [5, 5.41) is 0.758. The zero-order valence-corrected chi connectivity index (χ0v) is 13.2. The third kappa shape index (κ3) is 3.11. The fraction of sp³-hybridized carbons (Fsp3) is 0.333. The van der Waals surface area contributed by atoms with E-state index in [1.807, 2.05) is 29.8 Å². The number of aryl methyl sites for hydroxylation is 1. The molecule has 2 rings (SSSR count). The Balaban J connectivity index is 0.00000162. The predicted molar refractivity (Wildman–Crippen MR) is 67.8 cm³/mol. The maximum atomic E-state index is 11.4. The summed E-state index contributed by atoms with van der Waals surface area (Å²) < 4.78 is 7.95. The third-order valence-electron chi connectivity index (χ3n) is 2.58. The summed E-state index contributed by atoms with van der Waals surface area (Å²) >= 11 is 1.52. The maximum absolute atomic E-state index is 11.4. The first-order valence-electron chi connectivity index (χ1n) is 5.44. The van der Waals surface area contributed by atoms with Gasteiger partial charge in [-0.3, -0.25) is 10.5 Å². The number of rotatable bonds is 3. The summed E-state index contributed by atoms with van der Waals surface area (Å²) in [6.45, 7) is 2.23. The number of nitrogen functional groups attached to an aromatic ring is 1. The van der Waals surface area contributed by atoms with Gasteiger partial charge >= 0.3 is 11.1 Å². The summed E-state index contributed by atoms with van der Waals surface area (Å²) in [5.41, 5.74) is 7.88. The molecular weight excluding hydrogens is 363 g/mol. The molecule has 0 radical (unpaired) electrons. The molecule has 18 heavy (non-hydrogen) atoms. The highest BCUT2D eigenvalue weighted by molar-refractivity contribution is 7.21. The average molecular weight is 378 g/mol. The Hall–Kier alpha value is -0.890. The van der Waals surface area contributed by atoms with E-state index in [-0.39, 0.29) is 29.9 Å². The second kappa shape index (κ2) is 6.33. The topological polar surface area (TPSA) is 56.2 Å². The zero-order valence-electron chi connectivity index (χ0n) is 10.3. The van der Waals surface area contributed by atoms with Gasteiger partial charge in [0.25, 0.3) is 0 Å². The van der Waals surface area contributed by atoms with Crippen molar-refractivity contribution in [3.63, 3.8) is 0 Å². The highest BCUT2D eigenvalue weighted by Crippen LogP contribution is 2.22. The Morgan fingerprint density at radius 3 is 2.89 bits per heavy atom. The number of anilines is 1. The summed E-state index contributed by atoms with van der Waals surface area (Å²) in [6.07, 6.45) is 0.311. The molecule has 0 spiro atoms. The van der Waals surface area contributed by atoms with Gasteiger partial charge in [-0.25, -0.2) is 4.57 Å². The Kier molecular flexibility index (Phi) is 5.33. The van der Waals surface area contributed by atoms with E-state index < -0.39 is 0 Å². The summed E-state index contributed by atoms with van der Waals surface area (Å²) in [7, 11) is 1.93. The van der Waals surface area contributed by atoms with Crippen LogP contribution in [0, 0.1) is 0 Å². The number of carbonyl (C=O) groups excluding carboxylic acids is 1. The molecule has 2 aromatic rings. The molecule has 6 heteroatoms. The normalized spacial score (nSPS) is 10.1. The highest BCUT2D eigenvalue weighted by Gasteiger charge is 2.12. The van der Waals surface area contributed by atoms with Crippen LogP contribution in [0.2, 0.25) is 0 Å². The molecule has 98 valence electrons. The van der Waals surface area contributed by atoms with Crippen molar-refractivity contribution in [2.24, 2.45) is 7.05 Å². The molecule has 1 aromatic heterocycles. The number of nitrogens with zero attached hydrogens (tertiary/aromatic N) is 1. The van der Waals surface area contributed by atoms with E-state index in [0.29, 0.717) is 13.0 Å². The quantitative estimate of drug-likeness (QED) is 0.399. The number of aromatic nitrogens is 1. The van der Waals surface area contributed by atoms with Gasteiger partial charge in [0.2, 0.25) is 0 Å². The van der Waals surface area contributed by atoms with Crippen LogP contribution in [0.4, 0.5) is 5.13 Å². The van der Waals surface area contributed by atoms with E-state index in [9.17, 15) is 4.79 Å². The van der Waals surface area contributed by atoms with Crippen LogP contribution < -0.4 is 34.3 Å². The number of halogens is 1. The summed E-state index contributed by atoms with van der Waals surface area (Å²) in [5.74, 6) is -0.194. The van der Waals surface area contributed by atoms with E-state index in [1.165, 1.54) is 11.3 Å². The lowest BCUT2D eigenvalue weighted by atomic mass is 10.1. The first kappa shape index (κ1) is 15.2. The van der Waals surface area contributed by atoms with Crippen molar-refractivity contribution < 1.29 is 38.1 Å². The van der Waals surface area contributed by atoms with E-state index in [2.05, 4.69) is 0 Å². The molecule has 2 N–H and O–H groups in total. The van der Waals surface area contributed by atoms with Crippen LogP contribution in [-0.2, 0) is 23.0 Å². The van der Waals surface area contributed by atoms with Crippen LogP contribution in [-0.4, -0.2) is 12.6 Å². The minimum atomic E-state index is -0.194. The average Bonchev–Trinajstić information content (AvgIpc) is 2.55. The molecule has 0 aliphatic rings. The van der Waals surface area contributed by atoms with Crippen molar-refractivity contribution >= 4 is 32.7 Å². The molecular formula is C12H15IN2O2S. The van der Waals surface area contributed by atoms with Gasteiger partial charge in [-0.2, -0.15) is 0 Å². The number of hydrogen-bond acceptors (Lipinski definition) is 4. The van der Waals surface area contributed by atoms with Crippen LogP contribution in [0.1, 0.15) is 12.5 Å². The number of fused-ring (bicyclic) bond motifs is 1. The Morgan fingerprint density at radius 2 is 2.22 bits per heavy atom. The van der Waals surface area contributed by atoms with Gasteiger partial charge < -0.3 is 28.7 Å². The van der Waals surface area contributed by atoms with Gasteiger partial charge in [0.05, 0.1) is 24.8 Å². The number of ether oxygens (including phenoxy) is 1.